The highest BCUT2D eigenvalue weighted by Crippen LogP contribution is 2.41. The fourth-order valence-corrected chi connectivity index (χ4v) is 3.65. The Morgan fingerprint density at radius 1 is 1.23 bits per heavy atom. The molecule has 0 radical (unpaired) electrons. The quantitative estimate of drug-likeness (QED) is 0.673. The average Bonchev–Trinajstić information content (AvgIpc) is 3.25. The van der Waals surface area contributed by atoms with Crippen LogP contribution in [0.2, 0.25) is 0 Å². The van der Waals surface area contributed by atoms with Gasteiger partial charge < -0.3 is 15.0 Å². The van der Waals surface area contributed by atoms with Crippen LogP contribution in [0.1, 0.15) is 24.9 Å². The Bertz CT molecular complexity index is 1180. The highest BCUT2D eigenvalue weighted by molar-refractivity contribution is 6.16. The number of aromatic nitrogens is 2. The largest absolute Gasteiger partial charge is 0.503 e. The van der Waals surface area contributed by atoms with Gasteiger partial charge in [-0.25, -0.2) is 9.37 Å². The number of fused-ring (bicyclic) bond motifs is 1. The Morgan fingerprint density at radius 2 is 1.93 bits per heavy atom. The number of H-pyrrole nitrogens is 1. The maximum atomic E-state index is 13.6. The van der Waals surface area contributed by atoms with Crippen molar-refractivity contribution in [3.05, 3.63) is 65.2 Å². The number of carbonyl (C=O) groups excluding carboxylic acids is 2. The van der Waals surface area contributed by atoms with Crippen LogP contribution in [0.3, 0.4) is 0 Å². The lowest BCUT2D eigenvalue weighted by molar-refractivity contribution is -0.118. The van der Waals surface area contributed by atoms with Crippen molar-refractivity contribution in [1.29, 1.82) is 0 Å². The molecule has 0 aliphatic carbocycles. The number of hydrogen-bond donors (Lipinski definition) is 2. The van der Waals surface area contributed by atoms with Crippen molar-refractivity contribution in [3.8, 4) is 0 Å². The minimum absolute atomic E-state index is 0.0340. The summed E-state index contributed by atoms with van der Waals surface area (Å²) in [4.78, 5) is 36.1. The molecule has 3 aromatic rings. The Morgan fingerprint density at radius 3 is 2.57 bits per heavy atom. The number of aliphatic hydroxyl groups is 1. The van der Waals surface area contributed by atoms with Gasteiger partial charge in [0.15, 0.2) is 11.5 Å². The number of rotatable bonds is 5. The van der Waals surface area contributed by atoms with Crippen molar-refractivity contribution >= 4 is 34.4 Å². The molecule has 4 rings (SSSR count). The van der Waals surface area contributed by atoms with Crippen LogP contribution in [0.4, 0.5) is 16.0 Å². The van der Waals surface area contributed by atoms with E-state index in [2.05, 4.69) is 9.97 Å². The molecule has 7 nitrogen and oxygen atoms in total. The molecule has 2 N–H and O–H groups in total. The number of amides is 1. The highest BCUT2D eigenvalue weighted by atomic mass is 19.1. The molecule has 1 aromatic heterocycles. The van der Waals surface area contributed by atoms with Gasteiger partial charge >= 0.3 is 0 Å². The number of imidazole rings is 1. The van der Waals surface area contributed by atoms with E-state index in [1.165, 1.54) is 23.1 Å². The summed E-state index contributed by atoms with van der Waals surface area (Å²) in [6, 6.07) is 10.6. The van der Waals surface area contributed by atoms with Crippen LogP contribution < -0.4 is 9.80 Å². The number of Topliss-reactive ketones (excluding diaryl/α,β-unsaturated/α-hetero) is 1. The molecule has 0 bridgehead atoms. The molecule has 1 aliphatic rings. The van der Waals surface area contributed by atoms with Gasteiger partial charge in [0.05, 0.1) is 22.6 Å². The lowest BCUT2D eigenvalue weighted by Crippen LogP contribution is -2.32. The monoisotopic (exact) mass is 408 g/mol. The summed E-state index contributed by atoms with van der Waals surface area (Å²) in [5, 5.41) is 10.5. The van der Waals surface area contributed by atoms with E-state index >= 15 is 0 Å². The zero-order chi connectivity index (χ0) is 21.6. The number of anilines is 2. The summed E-state index contributed by atoms with van der Waals surface area (Å²) in [7, 11) is 3.82. The summed E-state index contributed by atoms with van der Waals surface area (Å²) >= 11 is 0. The first-order chi connectivity index (χ1) is 14.3. The van der Waals surface area contributed by atoms with Gasteiger partial charge in [-0.1, -0.05) is 19.1 Å². The number of benzene rings is 2. The summed E-state index contributed by atoms with van der Waals surface area (Å²) in [6.07, 6.45) is 0.137. The topological polar surface area (TPSA) is 89.5 Å². The second-order valence-electron chi connectivity index (χ2n) is 7.32. The van der Waals surface area contributed by atoms with E-state index < -0.39 is 23.5 Å². The lowest BCUT2D eigenvalue weighted by atomic mass is 9.95. The van der Waals surface area contributed by atoms with Crippen molar-refractivity contribution in [3.63, 3.8) is 0 Å². The van der Waals surface area contributed by atoms with Crippen LogP contribution in [-0.2, 0) is 9.59 Å². The zero-order valence-electron chi connectivity index (χ0n) is 16.8. The number of ketones is 1. The Labute approximate surface area is 172 Å². The predicted octanol–water partition coefficient (Wildman–Crippen LogP) is 3.65. The molecule has 154 valence electrons. The van der Waals surface area contributed by atoms with Gasteiger partial charge in [-0.2, -0.15) is 0 Å². The number of halogens is 1. The lowest BCUT2D eigenvalue weighted by Gasteiger charge is -2.25. The van der Waals surface area contributed by atoms with E-state index in [0.717, 1.165) is 5.69 Å². The number of nitrogens with zero attached hydrogens (tertiary/aromatic N) is 3. The van der Waals surface area contributed by atoms with E-state index in [1.54, 1.807) is 6.92 Å². The van der Waals surface area contributed by atoms with E-state index in [9.17, 15) is 19.1 Å². The maximum Gasteiger partial charge on any atom is 0.296 e. The first-order valence-corrected chi connectivity index (χ1v) is 9.54. The van der Waals surface area contributed by atoms with Crippen LogP contribution in [0.15, 0.2) is 53.8 Å². The molecule has 1 atom stereocenters. The third-order valence-corrected chi connectivity index (χ3v) is 5.21. The van der Waals surface area contributed by atoms with Crippen molar-refractivity contribution < 1.29 is 19.1 Å². The first kappa shape index (κ1) is 19.6. The number of aromatic amines is 1. The van der Waals surface area contributed by atoms with Gasteiger partial charge in [0, 0.05) is 26.2 Å². The molecule has 0 saturated heterocycles. The molecule has 1 unspecified atom stereocenters. The molecular formula is C22H21FN4O3. The normalized spacial score (nSPS) is 16.6. The predicted molar refractivity (Wildman–Crippen MR) is 112 cm³/mol. The van der Waals surface area contributed by atoms with Gasteiger partial charge in [0.1, 0.15) is 5.82 Å². The van der Waals surface area contributed by atoms with Crippen molar-refractivity contribution in [1.82, 2.24) is 9.97 Å². The van der Waals surface area contributed by atoms with Gasteiger partial charge in [0.2, 0.25) is 5.95 Å². The van der Waals surface area contributed by atoms with Crippen LogP contribution in [-0.4, -0.2) is 40.9 Å². The van der Waals surface area contributed by atoms with E-state index in [1.807, 2.05) is 43.3 Å². The van der Waals surface area contributed by atoms with Crippen LogP contribution in [0.5, 0.6) is 0 Å². The number of carbonyl (C=O) groups is 2. The molecule has 0 fully saturated rings. The molecular weight excluding hydrogens is 387 g/mol. The second kappa shape index (κ2) is 7.29. The van der Waals surface area contributed by atoms with Crippen LogP contribution in [0, 0.1) is 5.82 Å². The van der Waals surface area contributed by atoms with Gasteiger partial charge in [0.25, 0.3) is 5.91 Å². The van der Waals surface area contributed by atoms with Gasteiger partial charge in [-0.15, -0.1) is 0 Å². The first-order valence-electron chi connectivity index (χ1n) is 9.54. The van der Waals surface area contributed by atoms with Crippen molar-refractivity contribution in [2.75, 3.05) is 23.9 Å². The molecule has 2 heterocycles. The molecule has 0 spiro atoms. The van der Waals surface area contributed by atoms with Crippen molar-refractivity contribution in [2.45, 2.75) is 19.4 Å². The third kappa shape index (κ3) is 3.10. The summed E-state index contributed by atoms with van der Waals surface area (Å²) in [6.45, 7) is 1.67. The molecule has 2 aromatic carbocycles. The zero-order valence-corrected chi connectivity index (χ0v) is 16.8. The van der Waals surface area contributed by atoms with E-state index in [0.29, 0.717) is 16.6 Å². The van der Waals surface area contributed by atoms with Gasteiger partial charge in [-0.05, 0) is 35.9 Å². The number of aliphatic hydroxyl groups excluding tert-OH is 1. The third-order valence-electron chi connectivity index (χ3n) is 5.21. The SMILES string of the molecule is CCC(=O)C1=C(O)C(=O)N(c2nc3ccc(F)cc3[nH]2)C1c1ccc(N(C)C)cc1. The van der Waals surface area contributed by atoms with Gasteiger partial charge in [-0.3, -0.25) is 14.5 Å². The summed E-state index contributed by atoms with van der Waals surface area (Å²) in [5.41, 5.74) is 2.52. The molecule has 1 aliphatic heterocycles. The van der Waals surface area contributed by atoms with E-state index in [4.69, 9.17) is 0 Å². The fourth-order valence-electron chi connectivity index (χ4n) is 3.65. The Hall–Kier alpha value is -3.68. The van der Waals surface area contributed by atoms with Crippen molar-refractivity contribution in [2.24, 2.45) is 0 Å². The average molecular weight is 408 g/mol. The standard InChI is InChI=1S/C22H21FN4O3/c1-4-17(28)18-19(12-5-8-14(9-6-12)26(2)3)27(21(30)20(18)29)22-24-15-10-7-13(23)11-16(15)25-22/h5-11,19,29H,4H2,1-3H3,(H,24,25). The Kier molecular flexibility index (Phi) is 4.77. The van der Waals surface area contributed by atoms with Crippen LogP contribution in [0.25, 0.3) is 11.0 Å². The number of hydrogen-bond acceptors (Lipinski definition) is 5. The smallest absolute Gasteiger partial charge is 0.296 e. The molecule has 30 heavy (non-hydrogen) atoms. The fraction of sp³-hybridized carbons (Fsp3) is 0.227. The Balaban J connectivity index is 1.86. The molecule has 0 saturated carbocycles. The molecule has 1 amide bonds. The van der Waals surface area contributed by atoms with E-state index in [-0.39, 0.29) is 23.7 Å². The minimum atomic E-state index is -0.841. The summed E-state index contributed by atoms with van der Waals surface area (Å²) < 4.78 is 13.6. The molecule has 8 heteroatoms. The highest BCUT2D eigenvalue weighted by Gasteiger charge is 2.45. The second-order valence-corrected chi connectivity index (χ2v) is 7.32. The summed E-state index contributed by atoms with van der Waals surface area (Å²) in [5.74, 6) is -1.95. The number of nitrogens with one attached hydrogen (secondary N) is 1. The van der Waals surface area contributed by atoms with Crippen LogP contribution >= 0.6 is 0 Å². The maximum absolute atomic E-state index is 13.6. The minimum Gasteiger partial charge on any atom is -0.503 e.